The molecule has 11 heavy (non-hydrogen) atoms. The molecule has 0 heterocycles. The van der Waals surface area contributed by atoms with E-state index in [1.54, 1.807) is 0 Å². The standard InChI is InChI=1S/C6H16ClN2.ClH.H2N/c1-9(2,5-3-7)6-4-8;;/h3-6,8H2,1-2H3;1H;1H2/q+1;;-1/p-1. The van der Waals surface area contributed by atoms with Crippen LogP contribution in [0.5, 0.6) is 0 Å². The Balaban J connectivity index is -0.000000320. The van der Waals surface area contributed by atoms with E-state index in [4.69, 9.17) is 17.3 Å². The highest BCUT2D eigenvalue weighted by molar-refractivity contribution is 6.17. The minimum atomic E-state index is 0. The molecule has 0 radical (unpaired) electrons. The van der Waals surface area contributed by atoms with Crippen LogP contribution in [-0.4, -0.2) is 44.1 Å². The number of nitrogens with zero attached hydrogens (tertiary/aromatic N) is 1. The van der Waals surface area contributed by atoms with Crippen molar-refractivity contribution in [3.8, 4) is 0 Å². The first-order chi connectivity index (χ1) is 4.12. The van der Waals surface area contributed by atoms with Gasteiger partial charge in [-0.3, -0.25) is 0 Å². The molecule has 0 unspecified atom stereocenters. The molecule has 0 saturated heterocycles. The number of nitrogens with two attached hydrogens (primary N) is 2. The maximum atomic E-state index is 5.57. The lowest BCUT2D eigenvalue weighted by Crippen LogP contribution is -3.00. The summed E-state index contributed by atoms with van der Waals surface area (Å²) in [5, 5.41) is 0. The van der Waals surface area contributed by atoms with Crippen LogP contribution in [0.3, 0.4) is 0 Å². The van der Waals surface area contributed by atoms with Crippen molar-refractivity contribution in [2.45, 2.75) is 0 Å². The Morgan fingerprint density at radius 1 is 1.27 bits per heavy atom. The predicted molar refractivity (Wildman–Crippen MR) is 46.9 cm³/mol. The Hall–Kier alpha value is 0.460. The Labute approximate surface area is 80.5 Å². The van der Waals surface area contributed by atoms with E-state index in [-0.39, 0.29) is 18.6 Å². The van der Waals surface area contributed by atoms with Crippen molar-refractivity contribution in [1.82, 2.24) is 0 Å². The van der Waals surface area contributed by atoms with Gasteiger partial charge in [0.25, 0.3) is 0 Å². The van der Waals surface area contributed by atoms with Gasteiger partial charge in [-0.25, -0.2) is 0 Å². The molecular formula is C6H18Cl2N3-. The first-order valence-electron chi connectivity index (χ1n) is 3.20. The summed E-state index contributed by atoms with van der Waals surface area (Å²) >= 11 is 5.57. The SMILES string of the molecule is C[N+](C)(CCN)CCCl.[Cl-].[NH2-]. The van der Waals surface area contributed by atoms with E-state index in [1.807, 2.05) is 0 Å². The second-order valence-corrected chi connectivity index (χ2v) is 3.24. The van der Waals surface area contributed by atoms with Crippen molar-refractivity contribution in [2.24, 2.45) is 5.73 Å². The lowest BCUT2D eigenvalue weighted by molar-refractivity contribution is -0.886. The summed E-state index contributed by atoms with van der Waals surface area (Å²) in [6.07, 6.45) is 0. The Bertz CT molecular complexity index is 70.2. The van der Waals surface area contributed by atoms with E-state index >= 15 is 0 Å². The molecule has 0 fully saturated rings. The minimum Gasteiger partial charge on any atom is -1.00 e. The first kappa shape index (κ1) is 17.5. The van der Waals surface area contributed by atoms with Crippen molar-refractivity contribution >= 4 is 11.6 Å². The highest BCUT2D eigenvalue weighted by atomic mass is 35.5. The maximum Gasteiger partial charge on any atom is 0.0920 e. The van der Waals surface area contributed by atoms with E-state index in [9.17, 15) is 0 Å². The van der Waals surface area contributed by atoms with Gasteiger partial charge >= 0.3 is 0 Å². The van der Waals surface area contributed by atoms with E-state index in [0.29, 0.717) is 5.88 Å². The number of hydrogen-bond donors (Lipinski definition) is 1. The molecule has 0 aliphatic rings. The van der Waals surface area contributed by atoms with Crippen LogP contribution in [0.1, 0.15) is 0 Å². The molecule has 72 valence electrons. The van der Waals surface area contributed by atoms with Gasteiger partial charge in [0, 0.05) is 6.54 Å². The molecule has 0 atom stereocenters. The largest absolute Gasteiger partial charge is 1.00 e. The third-order valence-corrected chi connectivity index (χ3v) is 1.59. The van der Waals surface area contributed by atoms with Gasteiger partial charge in [0.05, 0.1) is 33.1 Å². The lowest BCUT2D eigenvalue weighted by Gasteiger charge is -2.27. The zero-order valence-electron chi connectivity index (χ0n) is 7.19. The molecule has 0 aromatic carbocycles. The molecule has 0 amide bonds. The van der Waals surface area contributed by atoms with Gasteiger partial charge in [-0.05, 0) is 0 Å². The number of halogens is 2. The number of likely N-dealkylation sites (N-methyl/N-ethyl adjacent to an activating group) is 1. The molecular weight excluding hydrogens is 185 g/mol. The summed E-state index contributed by atoms with van der Waals surface area (Å²) in [4.78, 5) is 0. The molecule has 5 heteroatoms. The van der Waals surface area contributed by atoms with Gasteiger partial charge in [0.15, 0.2) is 0 Å². The molecule has 3 nitrogen and oxygen atoms in total. The molecule has 0 aliphatic heterocycles. The van der Waals surface area contributed by atoms with Crippen LogP contribution < -0.4 is 18.1 Å². The zero-order valence-corrected chi connectivity index (χ0v) is 8.70. The maximum absolute atomic E-state index is 5.57. The third-order valence-electron chi connectivity index (χ3n) is 1.42. The van der Waals surface area contributed by atoms with Crippen LogP contribution >= 0.6 is 11.6 Å². The van der Waals surface area contributed by atoms with Crippen molar-refractivity contribution in [3.05, 3.63) is 6.15 Å². The van der Waals surface area contributed by atoms with E-state index < -0.39 is 0 Å². The van der Waals surface area contributed by atoms with Crippen LogP contribution in [0.25, 0.3) is 6.15 Å². The topological polar surface area (TPSA) is 59.5 Å². The average molecular weight is 203 g/mol. The highest BCUT2D eigenvalue weighted by Crippen LogP contribution is 1.94. The molecule has 0 spiro atoms. The van der Waals surface area contributed by atoms with Gasteiger partial charge in [-0.1, -0.05) is 0 Å². The molecule has 0 aromatic heterocycles. The average Bonchev–Trinajstić information content (AvgIpc) is 1.64. The predicted octanol–water partition coefficient (Wildman–Crippen LogP) is -2.02. The molecule has 0 saturated carbocycles. The van der Waals surface area contributed by atoms with Gasteiger partial charge in [0.2, 0.25) is 0 Å². The quantitative estimate of drug-likeness (QED) is 0.416. The Kier molecular flexibility index (Phi) is 13.6. The summed E-state index contributed by atoms with van der Waals surface area (Å²) in [5.41, 5.74) is 5.39. The number of alkyl halides is 1. The first-order valence-corrected chi connectivity index (χ1v) is 3.74. The zero-order chi connectivity index (χ0) is 7.33. The fourth-order valence-corrected chi connectivity index (χ4v) is 1.15. The van der Waals surface area contributed by atoms with Crippen LogP contribution in [0.2, 0.25) is 0 Å². The second kappa shape index (κ2) is 8.56. The summed E-state index contributed by atoms with van der Waals surface area (Å²) in [6, 6.07) is 0. The van der Waals surface area contributed by atoms with E-state index in [0.717, 1.165) is 24.1 Å². The van der Waals surface area contributed by atoms with Crippen molar-refractivity contribution < 1.29 is 16.9 Å². The molecule has 0 aliphatic carbocycles. The number of rotatable bonds is 4. The molecule has 4 N–H and O–H groups in total. The van der Waals surface area contributed by atoms with Gasteiger partial charge in [0.1, 0.15) is 0 Å². The van der Waals surface area contributed by atoms with E-state index in [2.05, 4.69) is 14.1 Å². The van der Waals surface area contributed by atoms with Gasteiger partial charge < -0.3 is 28.8 Å². The lowest BCUT2D eigenvalue weighted by atomic mass is 10.4. The smallest absolute Gasteiger partial charge is 0.0920 e. The summed E-state index contributed by atoms with van der Waals surface area (Å²) in [7, 11) is 4.27. The van der Waals surface area contributed by atoms with Crippen LogP contribution in [0.15, 0.2) is 0 Å². The normalized spacial score (nSPS) is 9.82. The summed E-state index contributed by atoms with van der Waals surface area (Å²) in [6.45, 7) is 2.75. The monoisotopic (exact) mass is 202 g/mol. The fraction of sp³-hybridized carbons (Fsp3) is 1.00. The number of hydrogen-bond acceptors (Lipinski definition) is 1. The highest BCUT2D eigenvalue weighted by Gasteiger charge is 2.10. The van der Waals surface area contributed by atoms with Crippen molar-refractivity contribution in [2.75, 3.05) is 39.6 Å². The second-order valence-electron chi connectivity index (χ2n) is 2.86. The number of quaternary nitrogens is 1. The summed E-state index contributed by atoms with van der Waals surface area (Å²) < 4.78 is 0.931. The van der Waals surface area contributed by atoms with Crippen molar-refractivity contribution in [3.63, 3.8) is 0 Å². The van der Waals surface area contributed by atoms with Crippen LogP contribution in [-0.2, 0) is 0 Å². The van der Waals surface area contributed by atoms with Crippen LogP contribution in [0.4, 0.5) is 0 Å². The van der Waals surface area contributed by atoms with Crippen LogP contribution in [0, 0.1) is 0 Å². The Morgan fingerprint density at radius 2 is 1.73 bits per heavy atom. The Morgan fingerprint density at radius 3 is 2.00 bits per heavy atom. The summed E-state index contributed by atoms with van der Waals surface area (Å²) in [5.74, 6) is 0.715. The van der Waals surface area contributed by atoms with Crippen molar-refractivity contribution in [1.29, 1.82) is 0 Å². The molecule has 0 aromatic rings. The van der Waals surface area contributed by atoms with E-state index in [1.165, 1.54) is 0 Å². The molecule has 0 bridgehead atoms. The minimum absolute atomic E-state index is 0. The third kappa shape index (κ3) is 10.5. The molecule has 0 rings (SSSR count). The van der Waals surface area contributed by atoms with Gasteiger partial charge in [-0.15, -0.1) is 11.6 Å². The fourth-order valence-electron chi connectivity index (χ4n) is 0.690. The van der Waals surface area contributed by atoms with Gasteiger partial charge in [-0.2, -0.15) is 0 Å².